The minimum atomic E-state index is -0.554. The molecule has 0 fully saturated rings. The van der Waals surface area contributed by atoms with Gasteiger partial charge in [0.15, 0.2) is 6.61 Å². The van der Waals surface area contributed by atoms with Crippen molar-refractivity contribution in [3.8, 4) is 5.75 Å². The first-order valence-corrected chi connectivity index (χ1v) is 8.15. The standard InChI is InChI=1S/C18H18BrNO4/c1-12(15-5-3-4-6-16(15)19)20-17(21)11-24-18(22)13-7-9-14(23-2)10-8-13/h3-10,12H,11H2,1-2H3,(H,20,21)/t12-/m0/s1. The summed E-state index contributed by atoms with van der Waals surface area (Å²) in [6, 6.07) is 13.9. The molecular formula is C18H18BrNO4. The Morgan fingerprint density at radius 3 is 2.42 bits per heavy atom. The SMILES string of the molecule is COc1ccc(C(=O)OCC(=O)N[C@@H](C)c2ccccc2Br)cc1. The molecule has 0 radical (unpaired) electrons. The van der Waals surface area contributed by atoms with E-state index >= 15 is 0 Å². The van der Waals surface area contributed by atoms with Gasteiger partial charge in [0.2, 0.25) is 0 Å². The molecule has 2 aromatic rings. The third-order valence-electron chi connectivity index (χ3n) is 3.41. The second kappa shape index (κ2) is 8.49. The van der Waals surface area contributed by atoms with Crippen LogP contribution >= 0.6 is 15.9 Å². The van der Waals surface area contributed by atoms with E-state index in [9.17, 15) is 9.59 Å². The van der Waals surface area contributed by atoms with E-state index in [0.29, 0.717) is 11.3 Å². The van der Waals surface area contributed by atoms with Gasteiger partial charge < -0.3 is 14.8 Å². The number of benzene rings is 2. The van der Waals surface area contributed by atoms with Crippen LogP contribution in [0.1, 0.15) is 28.9 Å². The summed E-state index contributed by atoms with van der Waals surface area (Å²) in [7, 11) is 1.55. The van der Waals surface area contributed by atoms with E-state index in [1.165, 1.54) is 0 Å². The number of halogens is 1. The van der Waals surface area contributed by atoms with Gasteiger partial charge in [-0.2, -0.15) is 0 Å². The zero-order valence-corrected chi connectivity index (χ0v) is 15.0. The Kier molecular flexibility index (Phi) is 6.37. The smallest absolute Gasteiger partial charge is 0.338 e. The number of amides is 1. The maximum atomic E-state index is 12.0. The lowest BCUT2D eigenvalue weighted by Gasteiger charge is -2.15. The number of nitrogens with one attached hydrogen (secondary N) is 1. The number of methoxy groups -OCH3 is 1. The summed E-state index contributed by atoms with van der Waals surface area (Å²) in [6.07, 6.45) is 0. The Hall–Kier alpha value is -2.34. The van der Waals surface area contributed by atoms with Gasteiger partial charge in [-0.25, -0.2) is 4.79 Å². The van der Waals surface area contributed by atoms with Crippen molar-refractivity contribution in [2.45, 2.75) is 13.0 Å². The van der Waals surface area contributed by atoms with Gasteiger partial charge in [0.1, 0.15) is 5.75 Å². The first-order valence-electron chi connectivity index (χ1n) is 7.36. The molecule has 1 atom stereocenters. The molecule has 0 bridgehead atoms. The molecule has 6 heteroatoms. The van der Waals surface area contributed by atoms with E-state index in [4.69, 9.17) is 9.47 Å². The van der Waals surface area contributed by atoms with Crippen molar-refractivity contribution in [2.24, 2.45) is 0 Å². The second-order valence-corrected chi connectivity index (χ2v) is 5.97. The molecule has 1 amide bonds. The Labute approximate surface area is 149 Å². The van der Waals surface area contributed by atoms with Crippen LogP contribution in [-0.4, -0.2) is 25.6 Å². The first-order chi connectivity index (χ1) is 11.5. The molecule has 0 unspecified atom stereocenters. The minimum absolute atomic E-state index is 0.201. The maximum Gasteiger partial charge on any atom is 0.338 e. The van der Waals surface area contributed by atoms with Crippen LogP contribution in [0.25, 0.3) is 0 Å². The lowest BCUT2D eigenvalue weighted by atomic mass is 10.1. The van der Waals surface area contributed by atoms with Crippen molar-refractivity contribution < 1.29 is 19.1 Å². The number of carbonyl (C=O) groups is 2. The molecule has 1 N–H and O–H groups in total. The summed E-state index contributed by atoms with van der Waals surface area (Å²) >= 11 is 3.44. The molecule has 0 aliphatic rings. The topological polar surface area (TPSA) is 64.6 Å². The van der Waals surface area contributed by atoms with E-state index in [2.05, 4.69) is 21.2 Å². The van der Waals surface area contributed by atoms with Gasteiger partial charge in [0.25, 0.3) is 5.91 Å². The lowest BCUT2D eigenvalue weighted by Crippen LogP contribution is -2.31. The Bertz CT molecular complexity index is 715. The monoisotopic (exact) mass is 391 g/mol. The summed E-state index contributed by atoms with van der Waals surface area (Å²) in [4.78, 5) is 23.9. The predicted octanol–water partition coefficient (Wildman–Crippen LogP) is 3.49. The highest BCUT2D eigenvalue weighted by Gasteiger charge is 2.14. The van der Waals surface area contributed by atoms with Gasteiger partial charge in [-0.15, -0.1) is 0 Å². The number of hydrogen-bond acceptors (Lipinski definition) is 4. The van der Waals surface area contributed by atoms with E-state index in [1.54, 1.807) is 31.4 Å². The highest BCUT2D eigenvalue weighted by Crippen LogP contribution is 2.22. The quantitative estimate of drug-likeness (QED) is 0.765. The van der Waals surface area contributed by atoms with Crippen LogP contribution in [0.3, 0.4) is 0 Å². The number of rotatable bonds is 6. The molecule has 0 saturated heterocycles. The van der Waals surface area contributed by atoms with Crippen molar-refractivity contribution in [1.82, 2.24) is 5.32 Å². The van der Waals surface area contributed by atoms with Crippen LogP contribution in [0.2, 0.25) is 0 Å². The zero-order valence-electron chi connectivity index (χ0n) is 13.4. The van der Waals surface area contributed by atoms with Crippen LogP contribution in [0, 0.1) is 0 Å². The number of ether oxygens (including phenoxy) is 2. The third-order valence-corrected chi connectivity index (χ3v) is 4.13. The molecule has 2 rings (SSSR count). The van der Waals surface area contributed by atoms with Crippen molar-refractivity contribution in [3.63, 3.8) is 0 Å². The fourth-order valence-electron chi connectivity index (χ4n) is 2.13. The molecule has 0 heterocycles. The van der Waals surface area contributed by atoms with Crippen LogP contribution in [0.4, 0.5) is 0 Å². The Morgan fingerprint density at radius 1 is 1.12 bits per heavy atom. The molecule has 0 aromatic heterocycles. The predicted molar refractivity (Wildman–Crippen MR) is 94.0 cm³/mol. The summed E-state index contributed by atoms with van der Waals surface area (Å²) in [5.74, 6) is -0.270. The second-order valence-electron chi connectivity index (χ2n) is 5.12. The summed E-state index contributed by atoms with van der Waals surface area (Å²) in [5, 5.41) is 2.80. The van der Waals surface area contributed by atoms with Crippen molar-refractivity contribution in [1.29, 1.82) is 0 Å². The fraction of sp³-hybridized carbons (Fsp3) is 0.222. The minimum Gasteiger partial charge on any atom is -0.497 e. The first kappa shape index (κ1) is 18.0. The molecule has 0 aliphatic heterocycles. The largest absolute Gasteiger partial charge is 0.497 e. The van der Waals surface area contributed by atoms with Gasteiger partial charge in [0.05, 0.1) is 18.7 Å². The molecule has 0 saturated carbocycles. The van der Waals surface area contributed by atoms with Gasteiger partial charge >= 0.3 is 5.97 Å². The summed E-state index contributed by atoms with van der Waals surface area (Å²) in [5.41, 5.74) is 1.31. The molecule has 0 aliphatic carbocycles. The highest BCUT2D eigenvalue weighted by atomic mass is 79.9. The number of carbonyl (C=O) groups excluding carboxylic acids is 2. The summed E-state index contributed by atoms with van der Waals surface area (Å²) < 4.78 is 11.0. The van der Waals surface area contributed by atoms with Crippen LogP contribution in [0.5, 0.6) is 5.75 Å². The van der Waals surface area contributed by atoms with E-state index in [0.717, 1.165) is 10.0 Å². The number of hydrogen-bond donors (Lipinski definition) is 1. The molecule has 126 valence electrons. The van der Waals surface area contributed by atoms with E-state index in [1.807, 2.05) is 31.2 Å². The average Bonchev–Trinajstić information content (AvgIpc) is 2.60. The molecule has 2 aromatic carbocycles. The van der Waals surface area contributed by atoms with Gasteiger partial charge in [0, 0.05) is 4.47 Å². The molecular weight excluding hydrogens is 374 g/mol. The van der Waals surface area contributed by atoms with Crippen molar-refractivity contribution in [3.05, 3.63) is 64.1 Å². The lowest BCUT2D eigenvalue weighted by molar-refractivity contribution is -0.124. The molecule has 24 heavy (non-hydrogen) atoms. The summed E-state index contributed by atoms with van der Waals surface area (Å²) in [6.45, 7) is 1.53. The third kappa shape index (κ3) is 4.83. The zero-order chi connectivity index (χ0) is 17.5. The number of esters is 1. The average molecular weight is 392 g/mol. The molecule has 0 spiro atoms. The maximum absolute atomic E-state index is 12.0. The van der Waals surface area contributed by atoms with E-state index < -0.39 is 5.97 Å². The van der Waals surface area contributed by atoms with Crippen molar-refractivity contribution >= 4 is 27.8 Å². The van der Waals surface area contributed by atoms with Crippen LogP contribution < -0.4 is 10.1 Å². The van der Waals surface area contributed by atoms with Crippen molar-refractivity contribution in [2.75, 3.05) is 13.7 Å². The van der Waals surface area contributed by atoms with Gasteiger partial charge in [-0.1, -0.05) is 34.1 Å². The van der Waals surface area contributed by atoms with Crippen LogP contribution in [-0.2, 0) is 9.53 Å². The Balaban J connectivity index is 1.86. The fourth-order valence-corrected chi connectivity index (χ4v) is 2.76. The van der Waals surface area contributed by atoms with Gasteiger partial charge in [-0.3, -0.25) is 4.79 Å². The highest BCUT2D eigenvalue weighted by molar-refractivity contribution is 9.10. The normalized spacial score (nSPS) is 11.5. The van der Waals surface area contributed by atoms with E-state index in [-0.39, 0.29) is 18.6 Å². The van der Waals surface area contributed by atoms with Gasteiger partial charge in [-0.05, 0) is 42.8 Å². The Morgan fingerprint density at radius 2 is 1.79 bits per heavy atom. The molecule has 5 nitrogen and oxygen atoms in total. The van der Waals surface area contributed by atoms with Crippen LogP contribution in [0.15, 0.2) is 53.0 Å².